The number of rotatable bonds is 5. The molecule has 0 N–H and O–H groups in total. The van der Waals surface area contributed by atoms with Gasteiger partial charge in [-0.05, 0) is 42.4 Å². The molecule has 3 rings (SSSR count). The van der Waals surface area contributed by atoms with E-state index >= 15 is 0 Å². The van der Waals surface area contributed by atoms with Gasteiger partial charge in [-0.15, -0.1) is 11.8 Å². The van der Waals surface area contributed by atoms with Gasteiger partial charge in [-0.25, -0.2) is 4.79 Å². The summed E-state index contributed by atoms with van der Waals surface area (Å²) in [6.07, 6.45) is 1.90. The first kappa shape index (κ1) is 19.8. The van der Waals surface area contributed by atoms with Crippen LogP contribution in [0, 0.1) is 18.3 Å². The van der Waals surface area contributed by atoms with Gasteiger partial charge in [0.1, 0.15) is 11.8 Å². The largest absolute Gasteiger partial charge is 0.461 e. The Bertz CT molecular complexity index is 1060. The van der Waals surface area contributed by atoms with Crippen LogP contribution in [0.25, 0.3) is 22.3 Å². The van der Waals surface area contributed by atoms with Crippen molar-refractivity contribution in [2.45, 2.75) is 18.9 Å². The average molecular weight is 391 g/mol. The number of esters is 1. The van der Waals surface area contributed by atoms with Crippen LogP contribution in [0.15, 0.2) is 53.6 Å². The predicted molar refractivity (Wildman–Crippen MR) is 113 cm³/mol. The summed E-state index contributed by atoms with van der Waals surface area (Å²) in [6, 6.07) is 18.5. The third-order valence-electron chi connectivity index (χ3n) is 4.74. The van der Waals surface area contributed by atoms with E-state index in [1.807, 2.05) is 42.7 Å². The standard InChI is InChI=1S/C23H22N2O2S/c1-5-27-23(26)21-20(19(14-24)22(28-4)25(21)3)17-12-10-16(11-13-17)18-9-7-6-8-15(18)2/h6-13H,5H2,1-4H3. The Labute approximate surface area is 169 Å². The van der Waals surface area contributed by atoms with E-state index in [1.54, 1.807) is 18.5 Å². The van der Waals surface area contributed by atoms with Crippen molar-refractivity contribution < 1.29 is 9.53 Å². The highest BCUT2D eigenvalue weighted by Crippen LogP contribution is 2.37. The third-order valence-corrected chi connectivity index (χ3v) is 5.61. The van der Waals surface area contributed by atoms with E-state index in [0.29, 0.717) is 16.8 Å². The zero-order valence-electron chi connectivity index (χ0n) is 16.4. The topological polar surface area (TPSA) is 55.0 Å². The molecule has 1 heterocycles. The van der Waals surface area contributed by atoms with Crippen molar-refractivity contribution in [2.24, 2.45) is 7.05 Å². The Balaban J connectivity index is 2.17. The number of hydrogen-bond donors (Lipinski definition) is 0. The van der Waals surface area contributed by atoms with Gasteiger partial charge in [-0.1, -0.05) is 48.5 Å². The van der Waals surface area contributed by atoms with Gasteiger partial charge in [0.05, 0.1) is 17.2 Å². The van der Waals surface area contributed by atoms with Crippen LogP contribution in [0.5, 0.6) is 0 Å². The van der Waals surface area contributed by atoms with Gasteiger partial charge < -0.3 is 9.30 Å². The minimum absolute atomic E-state index is 0.284. The predicted octanol–water partition coefficient (Wildman–Crippen LogP) is 5.44. The summed E-state index contributed by atoms with van der Waals surface area (Å²) in [5, 5.41) is 10.5. The quantitative estimate of drug-likeness (QED) is 0.430. The fourth-order valence-corrected chi connectivity index (χ4v) is 4.15. The Kier molecular flexibility index (Phi) is 5.91. The molecule has 3 aromatic rings. The summed E-state index contributed by atoms with van der Waals surface area (Å²) in [6.45, 7) is 4.14. The van der Waals surface area contributed by atoms with E-state index in [2.05, 4.69) is 25.1 Å². The number of thioether (sulfide) groups is 1. The summed E-state index contributed by atoms with van der Waals surface area (Å²) in [7, 11) is 1.80. The van der Waals surface area contributed by atoms with Crippen molar-refractivity contribution in [3.05, 3.63) is 65.4 Å². The lowest BCUT2D eigenvalue weighted by Gasteiger charge is -2.09. The summed E-state index contributed by atoms with van der Waals surface area (Å²) >= 11 is 1.45. The van der Waals surface area contributed by atoms with E-state index in [-0.39, 0.29) is 6.61 Å². The molecule has 5 heteroatoms. The lowest BCUT2D eigenvalue weighted by atomic mass is 9.96. The second-order valence-corrected chi connectivity index (χ2v) is 7.19. The van der Waals surface area contributed by atoms with Crippen molar-refractivity contribution in [3.8, 4) is 28.3 Å². The number of carbonyl (C=O) groups is 1. The average Bonchev–Trinajstić information content (AvgIpc) is 3.00. The highest BCUT2D eigenvalue weighted by molar-refractivity contribution is 7.98. The third kappa shape index (κ3) is 3.44. The lowest BCUT2D eigenvalue weighted by molar-refractivity contribution is 0.0515. The highest BCUT2D eigenvalue weighted by atomic mass is 32.2. The first-order chi connectivity index (χ1) is 13.5. The molecule has 2 aromatic carbocycles. The van der Waals surface area contributed by atoms with Crippen LogP contribution in [0.1, 0.15) is 28.5 Å². The molecule has 0 saturated carbocycles. The molecule has 0 aliphatic heterocycles. The van der Waals surface area contributed by atoms with Crippen LogP contribution < -0.4 is 0 Å². The number of carbonyl (C=O) groups excluding carboxylic acids is 1. The molecule has 0 amide bonds. The normalized spacial score (nSPS) is 10.5. The molecule has 0 unspecified atom stereocenters. The maximum absolute atomic E-state index is 12.6. The number of nitriles is 1. The minimum Gasteiger partial charge on any atom is -0.461 e. The van der Waals surface area contributed by atoms with E-state index in [1.165, 1.54) is 17.3 Å². The van der Waals surface area contributed by atoms with Crippen LogP contribution in [-0.4, -0.2) is 23.4 Å². The first-order valence-electron chi connectivity index (χ1n) is 9.03. The van der Waals surface area contributed by atoms with Gasteiger partial charge in [0, 0.05) is 12.6 Å². The summed E-state index contributed by atoms with van der Waals surface area (Å²) in [4.78, 5) is 12.6. The molecular weight excluding hydrogens is 368 g/mol. The van der Waals surface area contributed by atoms with Gasteiger partial charge in [0.2, 0.25) is 0 Å². The number of nitrogens with zero attached hydrogens (tertiary/aromatic N) is 2. The molecule has 0 saturated heterocycles. The lowest BCUT2D eigenvalue weighted by Crippen LogP contribution is -2.11. The molecule has 0 aliphatic carbocycles. The Morgan fingerprint density at radius 3 is 2.36 bits per heavy atom. The van der Waals surface area contributed by atoms with Crippen molar-refractivity contribution in [2.75, 3.05) is 12.9 Å². The molecule has 0 radical (unpaired) electrons. The number of ether oxygens (including phenoxy) is 1. The zero-order valence-corrected chi connectivity index (χ0v) is 17.3. The van der Waals surface area contributed by atoms with E-state index in [9.17, 15) is 10.1 Å². The number of hydrogen-bond acceptors (Lipinski definition) is 4. The molecule has 0 atom stereocenters. The summed E-state index contributed by atoms with van der Waals surface area (Å²) in [5.74, 6) is -0.417. The highest BCUT2D eigenvalue weighted by Gasteiger charge is 2.27. The first-order valence-corrected chi connectivity index (χ1v) is 10.3. The van der Waals surface area contributed by atoms with Crippen LogP contribution in [-0.2, 0) is 11.8 Å². The number of aryl methyl sites for hydroxylation is 1. The molecule has 0 fully saturated rings. The molecule has 28 heavy (non-hydrogen) atoms. The number of benzene rings is 2. The Morgan fingerprint density at radius 2 is 1.79 bits per heavy atom. The van der Waals surface area contributed by atoms with Gasteiger partial charge in [0.15, 0.2) is 0 Å². The van der Waals surface area contributed by atoms with E-state index < -0.39 is 5.97 Å². The molecule has 4 nitrogen and oxygen atoms in total. The molecule has 0 spiro atoms. The second-order valence-electron chi connectivity index (χ2n) is 6.39. The van der Waals surface area contributed by atoms with Gasteiger partial charge in [0.25, 0.3) is 0 Å². The smallest absolute Gasteiger partial charge is 0.355 e. The van der Waals surface area contributed by atoms with Crippen LogP contribution >= 0.6 is 11.8 Å². The summed E-state index contributed by atoms with van der Waals surface area (Å²) in [5.41, 5.74) is 5.83. The number of aromatic nitrogens is 1. The van der Waals surface area contributed by atoms with E-state index in [0.717, 1.165) is 21.7 Å². The second kappa shape index (κ2) is 8.37. The SMILES string of the molecule is CCOC(=O)c1c(-c2ccc(-c3ccccc3C)cc2)c(C#N)c(SC)n1C. The van der Waals surface area contributed by atoms with Gasteiger partial charge in [-0.2, -0.15) is 5.26 Å². The van der Waals surface area contributed by atoms with Gasteiger partial charge in [-0.3, -0.25) is 0 Å². The maximum atomic E-state index is 12.6. The van der Waals surface area contributed by atoms with Crippen molar-refractivity contribution >= 4 is 17.7 Å². The maximum Gasteiger partial charge on any atom is 0.355 e. The molecule has 1 aromatic heterocycles. The molecular formula is C23H22N2O2S. The zero-order chi connectivity index (χ0) is 20.3. The fraction of sp³-hybridized carbons (Fsp3) is 0.217. The van der Waals surface area contributed by atoms with E-state index in [4.69, 9.17) is 4.74 Å². The van der Waals surface area contributed by atoms with Crippen molar-refractivity contribution in [1.29, 1.82) is 5.26 Å². The van der Waals surface area contributed by atoms with Gasteiger partial charge >= 0.3 is 5.97 Å². The Morgan fingerprint density at radius 1 is 1.14 bits per heavy atom. The molecule has 0 bridgehead atoms. The van der Waals surface area contributed by atoms with Crippen LogP contribution in [0.2, 0.25) is 0 Å². The minimum atomic E-state index is -0.417. The van der Waals surface area contributed by atoms with Crippen molar-refractivity contribution in [1.82, 2.24) is 4.57 Å². The summed E-state index contributed by atoms with van der Waals surface area (Å²) < 4.78 is 7.01. The fourth-order valence-electron chi connectivity index (χ4n) is 3.44. The molecule has 142 valence electrons. The van der Waals surface area contributed by atoms with Crippen molar-refractivity contribution in [3.63, 3.8) is 0 Å². The molecule has 0 aliphatic rings. The monoisotopic (exact) mass is 390 g/mol. The Hall–Kier alpha value is -2.97. The van der Waals surface area contributed by atoms with Crippen LogP contribution in [0.4, 0.5) is 0 Å². The van der Waals surface area contributed by atoms with Crippen LogP contribution in [0.3, 0.4) is 0 Å².